The van der Waals surface area contributed by atoms with Crippen LogP contribution in [0.1, 0.15) is 25.5 Å². The van der Waals surface area contributed by atoms with Gasteiger partial charge >= 0.3 is 0 Å². The second kappa shape index (κ2) is 3.08. The molecule has 1 aromatic heterocycles. The van der Waals surface area contributed by atoms with Crippen molar-refractivity contribution in [1.29, 1.82) is 0 Å². The van der Waals surface area contributed by atoms with Gasteiger partial charge in [-0.1, -0.05) is 19.9 Å². The van der Waals surface area contributed by atoms with Crippen molar-refractivity contribution in [2.75, 3.05) is 6.54 Å². The molecule has 2 heterocycles. The van der Waals surface area contributed by atoms with E-state index >= 15 is 0 Å². The molecule has 1 fully saturated rings. The lowest BCUT2D eigenvalue weighted by molar-refractivity contribution is 0.128. The fourth-order valence-corrected chi connectivity index (χ4v) is 2.51. The first-order chi connectivity index (χ1) is 7.58. The molecule has 3 rings (SSSR count). The first kappa shape index (κ1) is 9.85. The van der Waals surface area contributed by atoms with Crippen LogP contribution in [0.25, 0.3) is 11.0 Å². The Hall–Kier alpha value is -1.35. The molecule has 1 unspecified atom stereocenters. The second-order valence-corrected chi connectivity index (χ2v) is 5.41. The van der Waals surface area contributed by atoms with Crippen LogP contribution in [0.2, 0.25) is 0 Å². The summed E-state index contributed by atoms with van der Waals surface area (Å²) in [7, 11) is 2.03. The maximum absolute atomic E-state index is 4.40. The van der Waals surface area contributed by atoms with Crippen molar-refractivity contribution in [3.05, 3.63) is 30.1 Å². The minimum absolute atomic E-state index is 0.364. The fraction of sp³-hybridized carbons (Fsp3) is 0.462. The summed E-state index contributed by atoms with van der Waals surface area (Å²) in [6, 6.07) is 7.04. The van der Waals surface area contributed by atoms with Crippen molar-refractivity contribution < 1.29 is 0 Å². The van der Waals surface area contributed by atoms with Crippen molar-refractivity contribution in [3.63, 3.8) is 0 Å². The molecule has 1 aliphatic rings. The highest BCUT2D eigenvalue weighted by Crippen LogP contribution is 2.40. The summed E-state index contributed by atoms with van der Waals surface area (Å²) in [5.41, 5.74) is 4.00. The lowest BCUT2D eigenvalue weighted by Crippen LogP contribution is -2.52. The topological polar surface area (TPSA) is 29.9 Å². The van der Waals surface area contributed by atoms with Crippen molar-refractivity contribution in [2.45, 2.75) is 19.9 Å². The van der Waals surface area contributed by atoms with E-state index in [0.29, 0.717) is 11.5 Å². The third-order valence-corrected chi connectivity index (χ3v) is 3.63. The molecular formula is C13H17N3. The van der Waals surface area contributed by atoms with Gasteiger partial charge in [-0.15, -0.1) is 0 Å². The maximum atomic E-state index is 4.40. The van der Waals surface area contributed by atoms with Crippen LogP contribution in [0, 0.1) is 5.41 Å². The van der Waals surface area contributed by atoms with Gasteiger partial charge in [0.05, 0.1) is 17.4 Å². The molecule has 1 aromatic carbocycles. The molecule has 0 spiro atoms. The Labute approximate surface area is 95.5 Å². The van der Waals surface area contributed by atoms with Crippen LogP contribution < -0.4 is 5.32 Å². The van der Waals surface area contributed by atoms with Gasteiger partial charge in [0.2, 0.25) is 0 Å². The van der Waals surface area contributed by atoms with E-state index in [2.05, 4.69) is 46.9 Å². The van der Waals surface area contributed by atoms with Crippen LogP contribution in [0.5, 0.6) is 0 Å². The zero-order chi connectivity index (χ0) is 11.3. The summed E-state index contributed by atoms with van der Waals surface area (Å²) in [6.07, 6.45) is 1.87. The SMILES string of the molecule is Cn1cnc2cc(C3NCC3(C)C)ccc21. The molecule has 1 saturated heterocycles. The lowest BCUT2D eigenvalue weighted by Gasteiger charge is -2.46. The third kappa shape index (κ3) is 1.28. The van der Waals surface area contributed by atoms with Gasteiger partial charge in [0.1, 0.15) is 0 Å². The lowest BCUT2D eigenvalue weighted by atomic mass is 9.74. The van der Waals surface area contributed by atoms with E-state index in [9.17, 15) is 0 Å². The normalized spacial score (nSPS) is 23.3. The van der Waals surface area contributed by atoms with E-state index in [-0.39, 0.29) is 0 Å². The standard InChI is InChI=1S/C13H17N3/c1-13(2)7-14-12(13)9-4-5-11-10(6-9)15-8-16(11)3/h4-6,8,12,14H,7H2,1-3H3. The maximum Gasteiger partial charge on any atom is 0.0955 e. The van der Waals surface area contributed by atoms with Gasteiger partial charge in [0.25, 0.3) is 0 Å². The van der Waals surface area contributed by atoms with Gasteiger partial charge in [-0.3, -0.25) is 0 Å². The Morgan fingerprint density at radius 3 is 2.88 bits per heavy atom. The van der Waals surface area contributed by atoms with Gasteiger partial charge in [-0.05, 0) is 23.1 Å². The van der Waals surface area contributed by atoms with Gasteiger partial charge < -0.3 is 9.88 Å². The predicted octanol–water partition coefficient (Wildman–Crippen LogP) is 2.24. The van der Waals surface area contributed by atoms with Crippen molar-refractivity contribution in [3.8, 4) is 0 Å². The van der Waals surface area contributed by atoms with Gasteiger partial charge in [0.15, 0.2) is 0 Å². The summed E-state index contributed by atoms with van der Waals surface area (Å²) in [4.78, 5) is 4.40. The summed E-state index contributed by atoms with van der Waals surface area (Å²) in [5.74, 6) is 0. The molecular weight excluding hydrogens is 198 g/mol. The average Bonchev–Trinajstić information content (AvgIpc) is 2.59. The Bertz CT molecular complexity index is 539. The van der Waals surface area contributed by atoms with Gasteiger partial charge in [0, 0.05) is 19.6 Å². The molecule has 16 heavy (non-hydrogen) atoms. The van der Waals surface area contributed by atoms with Crippen LogP contribution in [0.3, 0.4) is 0 Å². The van der Waals surface area contributed by atoms with E-state index in [1.807, 2.05) is 13.4 Å². The molecule has 0 saturated carbocycles. The third-order valence-electron chi connectivity index (χ3n) is 3.63. The Balaban J connectivity index is 2.06. The minimum Gasteiger partial charge on any atom is -0.334 e. The number of aromatic nitrogens is 2. The quantitative estimate of drug-likeness (QED) is 0.790. The molecule has 0 amide bonds. The highest BCUT2D eigenvalue weighted by atomic mass is 15.0. The highest BCUT2D eigenvalue weighted by Gasteiger charge is 2.38. The van der Waals surface area contributed by atoms with Crippen LogP contribution in [0.4, 0.5) is 0 Å². The van der Waals surface area contributed by atoms with E-state index in [1.54, 1.807) is 0 Å². The number of hydrogen-bond donors (Lipinski definition) is 1. The fourth-order valence-electron chi connectivity index (χ4n) is 2.51. The molecule has 1 aliphatic heterocycles. The van der Waals surface area contributed by atoms with Crippen LogP contribution >= 0.6 is 0 Å². The van der Waals surface area contributed by atoms with Crippen LogP contribution in [0.15, 0.2) is 24.5 Å². The average molecular weight is 215 g/mol. The number of benzene rings is 1. The molecule has 3 nitrogen and oxygen atoms in total. The summed E-state index contributed by atoms with van der Waals surface area (Å²) < 4.78 is 2.05. The first-order valence-electron chi connectivity index (χ1n) is 5.72. The summed E-state index contributed by atoms with van der Waals surface area (Å²) in [5, 5.41) is 3.49. The van der Waals surface area contributed by atoms with E-state index in [4.69, 9.17) is 0 Å². The number of rotatable bonds is 1. The Morgan fingerprint density at radius 1 is 1.44 bits per heavy atom. The number of nitrogens with zero attached hydrogens (tertiary/aromatic N) is 2. The zero-order valence-corrected chi connectivity index (χ0v) is 9.99. The van der Waals surface area contributed by atoms with E-state index in [0.717, 1.165) is 12.1 Å². The molecule has 1 atom stereocenters. The molecule has 0 bridgehead atoms. The summed E-state index contributed by atoms with van der Waals surface area (Å²) >= 11 is 0. The Kier molecular flexibility index (Phi) is 1.89. The number of fused-ring (bicyclic) bond motifs is 1. The largest absolute Gasteiger partial charge is 0.334 e. The zero-order valence-electron chi connectivity index (χ0n) is 9.99. The van der Waals surface area contributed by atoms with Crippen LogP contribution in [-0.4, -0.2) is 16.1 Å². The first-order valence-corrected chi connectivity index (χ1v) is 5.72. The molecule has 3 heteroatoms. The molecule has 0 aliphatic carbocycles. The number of nitrogens with one attached hydrogen (secondary N) is 1. The van der Waals surface area contributed by atoms with Gasteiger partial charge in [-0.25, -0.2) is 4.98 Å². The predicted molar refractivity (Wildman–Crippen MR) is 65.2 cm³/mol. The molecule has 0 radical (unpaired) electrons. The van der Waals surface area contributed by atoms with Crippen molar-refractivity contribution in [1.82, 2.24) is 14.9 Å². The Morgan fingerprint density at radius 2 is 2.25 bits per heavy atom. The van der Waals surface area contributed by atoms with E-state index in [1.165, 1.54) is 11.1 Å². The minimum atomic E-state index is 0.364. The highest BCUT2D eigenvalue weighted by molar-refractivity contribution is 5.76. The molecule has 1 N–H and O–H groups in total. The van der Waals surface area contributed by atoms with Crippen LogP contribution in [-0.2, 0) is 7.05 Å². The second-order valence-electron chi connectivity index (χ2n) is 5.41. The van der Waals surface area contributed by atoms with Crippen molar-refractivity contribution in [2.24, 2.45) is 12.5 Å². The summed E-state index contributed by atoms with van der Waals surface area (Å²) in [6.45, 7) is 5.70. The monoisotopic (exact) mass is 215 g/mol. The van der Waals surface area contributed by atoms with Crippen molar-refractivity contribution >= 4 is 11.0 Å². The molecule has 2 aromatic rings. The van der Waals surface area contributed by atoms with Gasteiger partial charge in [-0.2, -0.15) is 0 Å². The number of aryl methyl sites for hydroxylation is 1. The number of hydrogen-bond acceptors (Lipinski definition) is 2. The molecule has 84 valence electrons. The van der Waals surface area contributed by atoms with E-state index < -0.39 is 0 Å². The number of imidazole rings is 1. The smallest absolute Gasteiger partial charge is 0.0955 e.